The smallest absolute Gasteiger partial charge is 0.147 e. The molecule has 0 radical (unpaired) electrons. The molecular formula is C15H28N4O. The third kappa shape index (κ3) is 5.43. The summed E-state index contributed by atoms with van der Waals surface area (Å²) in [7, 11) is 1.72. The SMILES string of the molecule is CCN(c1cncc(CNC(C)(C)C)n1)C(C)COC. The third-order valence-electron chi connectivity index (χ3n) is 3.05. The van der Waals surface area contributed by atoms with Gasteiger partial charge in [-0.25, -0.2) is 4.98 Å². The van der Waals surface area contributed by atoms with E-state index in [2.05, 4.69) is 49.8 Å². The summed E-state index contributed by atoms with van der Waals surface area (Å²) in [6, 6.07) is 0.283. The summed E-state index contributed by atoms with van der Waals surface area (Å²) >= 11 is 0. The van der Waals surface area contributed by atoms with Gasteiger partial charge in [-0.2, -0.15) is 0 Å². The molecule has 0 saturated carbocycles. The second-order valence-electron chi connectivity index (χ2n) is 6.06. The maximum atomic E-state index is 5.23. The van der Waals surface area contributed by atoms with E-state index in [0.29, 0.717) is 6.61 Å². The number of methoxy groups -OCH3 is 1. The lowest BCUT2D eigenvalue weighted by atomic mass is 10.1. The predicted octanol–water partition coefficient (Wildman–Crippen LogP) is 2.23. The van der Waals surface area contributed by atoms with Gasteiger partial charge in [0.25, 0.3) is 0 Å². The average Bonchev–Trinajstić information content (AvgIpc) is 2.37. The van der Waals surface area contributed by atoms with Crippen molar-refractivity contribution in [3.63, 3.8) is 0 Å². The molecule has 0 bridgehead atoms. The van der Waals surface area contributed by atoms with Crippen molar-refractivity contribution >= 4 is 5.82 Å². The molecule has 1 aromatic heterocycles. The highest BCUT2D eigenvalue weighted by molar-refractivity contribution is 5.37. The van der Waals surface area contributed by atoms with Crippen molar-refractivity contribution in [3.8, 4) is 0 Å². The molecule has 0 amide bonds. The second kappa shape index (κ2) is 7.55. The van der Waals surface area contributed by atoms with Crippen molar-refractivity contribution in [2.24, 2.45) is 0 Å². The predicted molar refractivity (Wildman–Crippen MR) is 83.0 cm³/mol. The van der Waals surface area contributed by atoms with Gasteiger partial charge < -0.3 is 15.0 Å². The molecule has 1 aromatic rings. The van der Waals surface area contributed by atoms with Crippen LogP contribution in [0.15, 0.2) is 12.4 Å². The van der Waals surface area contributed by atoms with Crippen LogP contribution < -0.4 is 10.2 Å². The van der Waals surface area contributed by atoms with Gasteiger partial charge in [-0.05, 0) is 34.6 Å². The third-order valence-corrected chi connectivity index (χ3v) is 3.05. The van der Waals surface area contributed by atoms with Crippen molar-refractivity contribution in [3.05, 3.63) is 18.1 Å². The molecule has 114 valence electrons. The zero-order valence-electron chi connectivity index (χ0n) is 13.6. The first kappa shape index (κ1) is 16.9. The van der Waals surface area contributed by atoms with Crippen LogP contribution in [0.3, 0.4) is 0 Å². The van der Waals surface area contributed by atoms with Crippen molar-refractivity contribution in [1.29, 1.82) is 0 Å². The number of nitrogens with one attached hydrogen (secondary N) is 1. The number of hydrogen-bond donors (Lipinski definition) is 1. The molecule has 1 atom stereocenters. The lowest BCUT2D eigenvalue weighted by molar-refractivity contribution is 0.181. The van der Waals surface area contributed by atoms with Gasteiger partial charge in [0.15, 0.2) is 0 Å². The lowest BCUT2D eigenvalue weighted by Gasteiger charge is -2.28. The van der Waals surface area contributed by atoms with Crippen LogP contribution in [0.1, 0.15) is 40.3 Å². The quantitative estimate of drug-likeness (QED) is 0.830. The fraction of sp³-hybridized carbons (Fsp3) is 0.733. The van der Waals surface area contributed by atoms with Gasteiger partial charge in [0.2, 0.25) is 0 Å². The Morgan fingerprint density at radius 3 is 2.60 bits per heavy atom. The fourth-order valence-corrected chi connectivity index (χ4v) is 2.00. The minimum atomic E-state index is 0.0749. The van der Waals surface area contributed by atoms with E-state index in [1.807, 2.05) is 12.4 Å². The Kier molecular flexibility index (Phi) is 6.36. The number of likely N-dealkylation sites (N-methyl/N-ethyl adjacent to an activating group) is 1. The monoisotopic (exact) mass is 280 g/mol. The highest BCUT2D eigenvalue weighted by Gasteiger charge is 2.15. The number of ether oxygens (including phenoxy) is 1. The number of aromatic nitrogens is 2. The van der Waals surface area contributed by atoms with Crippen molar-refractivity contribution in [2.75, 3.05) is 25.2 Å². The van der Waals surface area contributed by atoms with Gasteiger partial charge in [0.1, 0.15) is 5.82 Å². The van der Waals surface area contributed by atoms with Crippen LogP contribution in [0, 0.1) is 0 Å². The van der Waals surface area contributed by atoms with Gasteiger partial charge in [-0.1, -0.05) is 0 Å². The van der Waals surface area contributed by atoms with Crippen LogP contribution in [0.2, 0.25) is 0 Å². The molecule has 0 spiro atoms. The second-order valence-corrected chi connectivity index (χ2v) is 6.06. The van der Waals surface area contributed by atoms with Crippen molar-refractivity contribution in [2.45, 2.75) is 52.7 Å². The molecule has 1 rings (SSSR count). The Balaban J connectivity index is 2.79. The molecule has 0 aliphatic carbocycles. The van der Waals surface area contributed by atoms with E-state index in [1.165, 1.54) is 0 Å². The van der Waals surface area contributed by atoms with E-state index in [0.717, 1.165) is 24.6 Å². The molecule has 0 saturated heterocycles. The first-order chi connectivity index (χ1) is 9.37. The van der Waals surface area contributed by atoms with Crippen LogP contribution in [0.25, 0.3) is 0 Å². The summed E-state index contributed by atoms with van der Waals surface area (Å²) in [4.78, 5) is 11.2. The first-order valence-corrected chi connectivity index (χ1v) is 7.19. The Hall–Kier alpha value is -1.20. The molecule has 0 aliphatic heterocycles. The molecule has 5 nitrogen and oxygen atoms in total. The number of nitrogens with zero attached hydrogens (tertiary/aromatic N) is 3. The Labute approximate surface area is 122 Å². The average molecular weight is 280 g/mol. The summed E-state index contributed by atoms with van der Waals surface area (Å²) in [6.07, 6.45) is 3.63. The van der Waals surface area contributed by atoms with Crippen LogP contribution in [0.4, 0.5) is 5.82 Å². The number of hydrogen-bond acceptors (Lipinski definition) is 5. The van der Waals surface area contributed by atoms with E-state index in [1.54, 1.807) is 7.11 Å². The molecule has 1 N–H and O–H groups in total. The number of anilines is 1. The largest absolute Gasteiger partial charge is 0.383 e. The van der Waals surface area contributed by atoms with E-state index in [9.17, 15) is 0 Å². The lowest BCUT2D eigenvalue weighted by Crippen LogP contribution is -2.38. The highest BCUT2D eigenvalue weighted by Crippen LogP contribution is 2.14. The zero-order valence-corrected chi connectivity index (χ0v) is 13.6. The molecule has 0 fully saturated rings. The summed E-state index contributed by atoms with van der Waals surface area (Å²) in [5.74, 6) is 0.908. The Bertz CT molecular complexity index is 403. The van der Waals surface area contributed by atoms with E-state index >= 15 is 0 Å². The van der Waals surface area contributed by atoms with Gasteiger partial charge in [-0.15, -0.1) is 0 Å². The van der Waals surface area contributed by atoms with Crippen LogP contribution in [0.5, 0.6) is 0 Å². The number of rotatable bonds is 7. The first-order valence-electron chi connectivity index (χ1n) is 7.19. The topological polar surface area (TPSA) is 50.3 Å². The summed E-state index contributed by atoms with van der Waals surface area (Å²) in [5.41, 5.74) is 1.03. The summed E-state index contributed by atoms with van der Waals surface area (Å²) < 4.78 is 5.23. The van der Waals surface area contributed by atoms with Crippen LogP contribution in [-0.2, 0) is 11.3 Å². The van der Waals surface area contributed by atoms with Crippen LogP contribution >= 0.6 is 0 Å². The highest BCUT2D eigenvalue weighted by atomic mass is 16.5. The Morgan fingerprint density at radius 2 is 2.05 bits per heavy atom. The summed E-state index contributed by atoms with van der Waals surface area (Å²) in [6.45, 7) is 13.0. The molecule has 1 unspecified atom stereocenters. The molecule has 0 aromatic carbocycles. The van der Waals surface area contributed by atoms with Crippen molar-refractivity contribution in [1.82, 2.24) is 15.3 Å². The van der Waals surface area contributed by atoms with E-state index in [-0.39, 0.29) is 11.6 Å². The van der Waals surface area contributed by atoms with Gasteiger partial charge >= 0.3 is 0 Å². The molecule has 5 heteroatoms. The minimum absolute atomic E-state index is 0.0749. The zero-order chi connectivity index (χ0) is 15.2. The molecule has 1 heterocycles. The van der Waals surface area contributed by atoms with Gasteiger partial charge in [-0.3, -0.25) is 4.98 Å². The standard InChI is InChI=1S/C15H28N4O/c1-7-19(12(2)11-20-6)14-10-16-8-13(18-14)9-17-15(3,4)5/h8,10,12,17H,7,9,11H2,1-6H3. The fourth-order valence-electron chi connectivity index (χ4n) is 2.00. The molecule has 20 heavy (non-hydrogen) atoms. The van der Waals surface area contributed by atoms with E-state index < -0.39 is 0 Å². The van der Waals surface area contributed by atoms with Crippen LogP contribution in [-0.4, -0.2) is 41.8 Å². The Morgan fingerprint density at radius 1 is 1.35 bits per heavy atom. The van der Waals surface area contributed by atoms with E-state index in [4.69, 9.17) is 9.72 Å². The summed E-state index contributed by atoms with van der Waals surface area (Å²) in [5, 5.41) is 3.43. The molecule has 0 aliphatic rings. The van der Waals surface area contributed by atoms with Gasteiger partial charge in [0, 0.05) is 31.9 Å². The molecular weight excluding hydrogens is 252 g/mol. The minimum Gasteiger partial charge on any atom is -0.383 e. The maximum Gasteiger partial charge on any atom is 0.147 e. The normalized spacial score (nSPS) is 13.3. The van der Waals surface area contributed by atoms with Gasteiger partial charge in [0.05, 0.1) is 24.5 Å². The van der Waals surface area contributed by atoms with Crippen molar-refractivity contribution < 1.29 is 4.74 Å². The maximum absolute atomic E-state index is 5.23.